The Morgan fingerprint density at radius 2 is 1.50 bits per heavy atom. The quantitative estimate of drug-likeness (QED) is 0.275. The Labute approximate surface area is 200 Å². The van der Waals surface area contributed by atoms with Gasteiger partial charge >= 0.3 is 5.97 Å². The zero-order valence-corrected chi connectivity index (χ0v) is 19.4. The number of aryl methyl sites for hydroxylation is 1. The molecule has 0 aliphatic carbocycles. The van der Waals surface area contributed by atoms with Gasteiger partial charge in [-0.3, -0.25) is 0 Å². The summed E-state index contributed by atoms with van der Waals surface area (Å²) in [4.78, 5) is 17.1. The normalized spacial score (nSPS) is 10.5. The number of ether oxygens (including phenoxy) is 3. The number of benzene rings is 3. The Morgan fingerprint density at radius 1 is 0.794 bits per heavy atom. The average Bonchev–Trinajstić information content (AvgIpc) is 2.87. The van der Waals surface area contributed by atoms with Crippen LogP contribution in [0.5, 0.6) is 11.5 Å². The van der Waals surface area contributed by atoms with E-state index in [2.05, 4.69) is 0 Å². The van der Waals surface area contributed by atoms with Gasteiger partial charge in [-0.1, -0.05) is 60.7 Å². The van der Waals surface area contributed by atoms with Gasteiger partial charge in [0.15, 0.2) is 0 Å². The number of rotatable bonds is 9. The predicted molar refractivity (Wildman–Crippen MR) is 132 cm³/mol. The first-order valence-electron chi connectivity index (χ1n) is 11.3. The summed E-state index contributed by atoms with van der Waals surface area (Å²) in [5.74, 6) is 1.00. The van der Waals surface area contributed by atoms with Crippen molar-refractivity contribution in [1.82, 2.24) is 4.98 Å². The molecule has 1 aromatic heterocycles. The highest BCUT2D eigenvalue weighted by Gasteiger charge is 2.15. The summed E-state index contributed by atoms with van der Waals surface area (Å²) in [5, 5.41) is 0. The van der Waals surface area contributed by atoms with Gasteiger partial charge in [0.25, 0.3) is 0 Å². The smallest absolute Gasteiger partial charge is 0.338 e. The number of hydrogen-bond donors (Lipinski definition) is 0. The van der Waals surface area contributed by atoms with Crippen LogP contribution in [0, 0.1) is 6.92 Å². The van der Waals surface area contributed by atoms with Gasteiger partial charge in [-0.15, -0.1) is 0 Å². The van der Waals surface area contributed by atoms with E-state index in [1.807, 2.05) is 97.9 Å². The number of hydrogen-bond acceptors (Lipinski definition) is 5. The molecule has 1 heterocycles. The molecule has 5 heteroatoms. The van der Waals surface area contributed by atoms with Crippen LogP contribution in [0.25, 0.3) is 11.3 Å². The van der Waals surface area contributed by atoms with E-state index in [4.69, 9.17) is 19.2 Å². The van der Waals surface area contributed by atoms with Crippen LogP contribution in [0.1, 0.15) is 34.1 Å². The monoisotopic (exact) mass is 453 g/mol. The SMILES string of the molecule is CCOC(=O)c1c(C)cccc1COc1cccc(OCc2cccc(-c3ccccc3)n2)c1. The lowest BCUT2D eigenvalue weighted by Gasteiger charge is -2.13. The highest BCUT2D eigenvalue weighted by atomic mass is 16.5. The van der Waals surface area contributed by atoms with Gasteiger partial charge in [-0.05, 0) is 43.7 Å². The molecule has 5 nitrogen and oxygen atoms in total. The van der Waals surface area contributed by atoms with Crippen LogP contribution in [0.3, 0.4) is 0 Å². The van der Waals surface area contributed by atoms with Crippen LogP contribution in [0.4, 0.5) is 0 Å². The van der Waals surface area contributed by atoms with Gasteiger partial charge < -0.3 is 14.2 Å². The number of esters is 1. The number of nitrogens with zero attached hydrogens (tertiary/aromatic N) is 1. The molecule has 0 unspecified atom stereocenters. The largest absolute Gasteiger partial charge is 0.489 e. The summed E-state index contributed by atoms with van der Waals surface area (Å²) < 4.78 is 17.2. The Kier molecular flexibility index (Phi) is 7.56. The van der Waals surface area contributed by atoms with Gasteiger partial charge in [0.2, 0.25) is 0 Å². The molecule has 0 spiro atoms. The van der Waals surface area contributed by atoms with E-state index in [0.29, 0.717) is 30.3 Å². The van der Waals surface area contributed by atoms with Crippen molar-refractivity contribution in [1.29, 1.82) is 0 Å². The molecular formula is C29H27NO4. The van der Waals surface area contributed by atoms with Crippen LogP contribution >= 0.6 is 0 Å². The Morgan fingerprint density at radius 3 is 2.26 bits per heavy atom. The summed E-state index contributed by atoms with van der Waals surface area (Å²) in [6, 6.07) is 29.1. The molecule has 3 aromatic carbocycles. The summed E-state index contributed by atoms with van der Waals surface area (Å²) in [5.41, 5.74) is 5.02. The second kappa shape index (κ2) is 11.1. The standard InChI is InChI=1S/C29H27NO4/c1-3-32-29(31)28-21(2)10-7-13-23(28)19-33-25-15-9-16-26(18-25)34-20-24-14-8-17-27(30-24)22-11-5-4-6-12-22/h4-18H,3,19-20H2,1-2H3. The van der Waals surface area contributed by atoms with E-state index in [9.17, 15) is 4.79 Å². The zero-order valence-electron chi connectivity index (χ0n) is 19.4. The molecule has 0 amide bonds. The molecular weight excluding hydrogens is 426 g/mol. The summed E-state index contributed by atoms with van der Waals surface area (Å²) in [7, 11) is 0. The van der Waals surface area contributed by atoms with Crippen LogP contribution in [0.2, 0.25) is 0 Å². The van der Waals surface area contributed by atoms with Crippen molar-refractivity contribution in [3.8, 4) is 22.8 Å². The number of carbonyl (C=O) groups is 1. The first-order valence-corrected chi connectivity index (χ1v) is 11.3. The fourth-order valence-corrected chi connectivity index (χ4v) is 3.65. The number of aromatic nitrogens is 1. The van der Waals surface area contributed by atoms with Gasteiger partial charge in [-0.25, -0.2) is 9.78 Å². The van der Waals surface area contributed by atoms with Crippen molar-refractivity contribution in [2.45, 2.75) is 27.1 Å². The highest BCUT2D eigenvalue weighted by molar-refractivity contribution is 5.92. The minimum absolute atomic E-state index is 0.250. The maximum absolute atomic E-state index is 12.4. The molecule has 0 saturated heterocycles. The van der Waals surface area contributed by atoms with Gasteiger partial charge in [0.05, 0.1) is 23.6 Å². The third kappa shape index (κ3) is 5.81. The second-order valence-corrected chi connectivity index (χ2v) is 7.76. The van der Waals surface area contributed by atoms with Gasteiger partial charge in [0, 0.05) is 17.2 Å². The molecule has 0 saturated carbocycles. The molecule has 0 atom stereocenters. The van der Waals surface area contributed by atoms with Crippen LogP contribution in [-0.4, -0.2) is 17.6 Å². The van der Waals surface area contributed by atoms with E-state index in [1.54, 1.807) is 6.92 Å². The minimum Gasteiger partial charge on any atom is -0.489 e. The maximum atomic E-state index is 12.4. The third-order valence-corrected chi connectivity index (χ3v) is 5.30. The predicted octanol–water partition coefficient (Wildman–Crippen LogP) is 6.39. The molecule has 0 radical (unpaired) electrons. The molecule has 0 aliphatic rings. The van der Waals surface area contributed by atoms with E-state index in [-0.39, 0.29) is 12.6 Å². The van der Waals surface area contributed by atoms with Crippen molar-refractivity contribution in [2.75, 3.05) is 6.61 Å². The molecule has 172 valence electrons. The minimum atomic E-state index is -0.332. The van der Waals surface area contributed by atoms with E-state index in [1.165, 1.54) is 0 Å². The zero-order chi connectivity index (χ0) is 23.8. The Balaban J connectivity index is 1.41. The molecule has 4 rings (SSSR count). The Bertz CT molecular complexity index is 1250. The molecule has 0 N–H and O–H groups in total. The van der Waals surface area contributed by atoms with Crippen LogP contribution in [-0.2, 0) is 18.0 Å². The van der Waals surface area contributed by atoms with Crippen molar-refractivity contribution in [3.63, 3.8) is 0 Å². The third-order valence-electron chi connectivity index (χ3n) is 5.30. The number of pyridine rings is 1. The molecule has 4 aromatic rings. The highest BCUT2D eigenvalue weighted by Crippen LogP contribution is 2.24. The molecule has 0 aliphatic heterocycles. The topological polar surface area (TPSA) is 57.7 Å². The lowest BCUT2D eigenvalue weighted by Crippen LogP contribution is -2.12. The van der Waals surface area contributed by atoms with Crippen molar-refractivity contribution in [3.05, 3.63) is 113 Å². The molecule has 34 heavy (non-hydrogen) atoms. The number of carbonyl (C=O) groups excluding carboxylic acids is 1. The van der Waals surface area contributed by atoms with E-state index in [0.717, 1.165) is 28.1 Å². The molecule has 0 bridgehead atoms. The fraction of sp³-hybridized carbons (Fsp3) is 0.172. The van der Waals surface area contributed by atoms with E-state index >= 15 is 0 Å². The van der Waals surface area contributed by atoms with Crippen molar-refractivity contribution >= 4 is 5.97 Å². The lowest BCUT2D eigenvalue weighted by molar-refractivity contribution is 0.0522. The summed E-state index contributed by atoms with van der Waals surface area (Å²) >= 11 is 0. The fourth-order valence-electron chi connectivity index (χ4n) is 3.65. The summed E-state index contributed by atoms with van der Waals surface area (Å²) in [6.07, 6.45) is 0. The van der Waals surface area contributed by atoms with Crippen molar-refractivity contribution in [2.24, 2.45) is 0 Å². The van der Waals surface area contributed by atoms with Gasteiger partial charge in [0.1, 0.15) is 24.7 Å². The van der Waals surface area contributed by atoms with Crippen LogP contribution < -0.4 is 9.47 Å². The van der Waals surface area contributed by atoms with Gasteiger partial charge in [-0.2, -0.15) is 0 Å². The Hall–Kier alpha value is -4.12. The lowest BCUT2D eigenvalue weighted by atomic mass is 10.0. The second-order valence-electron chi connectivity index (χ2n) is 7.76. The average molecular weight is 454 g/mol. The van der Waals surface area contributed by atoms with Crippen molar-refractivity contribution < 1.29 is 19.0 Å². The van der Waals surface area contributed by atoms with Crippen LogP contribution in [0.15, 0.2) is 91.0 Å². The maximum Gasteiger partial charge on any atom is 0.338 e. The van der Waals surface area contributed by atoms with E-state index < -0.39 is 0 Å². The summed E-state index contributed by atoms with van der Waals surface area (Å²) in [6.45, 7) is 4.61. The first-order chi connectivity index (χ1) is 16.6. The first kappa shape index (κ1) is 23.1. The molecule has 0 fully saturated rings.